The van der Waals surface area contributed by atoms with Crippen LogP contribution in [0.15, 0.2) is 22.3 Å². The summed E-state index contributed by atoms with van der Waals surface area (Å²) in [5, 5.41) is 8.61. The van der Waals surface area contributed by atoms with Gasteiger partial charge in [0.15, 0.2) is 5.78 Å². The Morgan fingerprint density at radius 3 is 2.77 bits per heavy atom. The Balaban J connectivity index is 3.07. The fourth-order valence-corrected chi connectivity index (χ4v) is 0.876. The summed E-state index contributed by atoms with van der Waals surface area (Å²) < 4.78 is 5.07. The summed E-state index contributed by atoms with van der Waals surface area (Å²) in [5.74, 6) is 0.310. The molecule has 0 aliphatic carbocycles. The van der Waals surface area contributed by atoms with Crippen molar-refractivity contribution in [1.29, 1.82) is 5.26 Å². The average molecular weight is 175 g/mol. The molecule has 0 bridgehead atoms. The number of rotatable bonds is 2. The number of hydrogen-bond donors (Lipinski definition) is 0. The molecule has 0 aliphatic heterocycles. The number of Topliss-reactive ketones (excluding diaryl/α,β-unsaturated/α-hetero) is 1. The van der Waals surface area contributed by atoms with Gasteiger partial charge in [0.05, 0.1) is 11.8 Å². The Morgan fingerprint density at radius 1 is 1.69 bits per heavy atom. The Morgan fingerprint density at radius 2 is 2.38 bits per heavy atom. The van der Waals surface area contributed by atoms with E-state index in [9.17, 15) is 4.79 Å². The van der Waals surface area contributed by atoms with Crippen LogP contribution < -0.4 is 0 Å². The maximum absolute atomic E-state index is 10.9. The van der Waals surface area contributed by atoms with Crippen LogP contribution in [0.5, 0.6) is 0 Å². The number of allylic oxidation sites excluding steroid dienone is 1. The van der Waals surface area contributed by atoms with E-state index in [1.165, 1.54) is 19.3 Å². The van der Waals surface area contributed by atoms with Gasteiger partial charge >= 0.3 is 0 Å². The van der Waals surface area contributed by atoms with Crippen LogP contribution in [0.4, 0.5) is 0 Å². The van der Waals surface area contributed by atoms with E-state index in [0.717, 1.165) is 5.56 Å². The molecule has 0 aliphatic rings. The van der Waals surface area contributed by atoms with E-state index >= 15 is 0 Å². The van der Waals surface area contributed by atoms with Gasteiger partial charge in [-0.2, -0.15) is 5.26 Å². The van der Waals surface area contributed by atoms with Crippen molar-refractivity contribution < 1.29 is 9.21 Å². The molecule has 3 nitrogen and oxygen atoms in total. The van der Waals surface area contributed by atoms with Crippen molar-refractivity contribution >= 4 is 11.9 Å². The van der Waals surface area contributed by atoms with E-state index in [0.29, 0.717) is 5.76 Å². The van der Waals surface area contributed by atoms with E-state index in [1.807, 2.05) is 13.0 Å². The van der Waals surface area contributed by atoms with E-state index in [1.54, 1.807) is 6.07 Å². The molecular formula is C10H9NO2. The summed E-state index contributed by atoms with van der Waals surface area (Å²) in [6.07, 6.45) is 2.98. The molecule has 1 rings (SSSR count). The third kappa shape index (κ3) is 2.06. The molecule has 0 unspecified atom stereocenters. The first-order valence-electron chi connectivity index (χ1n) is 3.82. The topological polar surface area (TPSA) is 54.0 Å². The van der Waals surface area contributed by atoms with E-state index in [2.05, 4.69) is 0 Å². The smallest absolute Gasteiger partial charge is 0.170 e. The number of aryl methyl sites for hydroxylation is 1. The highest BCUT2D eigenvalue weighted by Gasteiger charge is 2.05. The van der Waals surface area contributed by atoms with Gasteiger partial charge < -0.3 is 4.42 Å². The second kappa shape index (κ2) is 3.72. The van der Waals surface area contributed by atoms with Crippen molar-refractivity contribution in [3.8, 4) is 6.07 Å². The average Bonchev–Trinajstić information content (AvgIpc) is 2.46. The van der Waals surface area contributed by atoms with Gasteiger partial charge in [-0.05, 0) is 25.5 Å². The molecular weight excluding hydrogens is 166 g/mol. The van der Waals surface area contributed by atoms with E-state index in [4.69, 9.17) is 9.68 Å². The highest BCUT2D eigenvalue weighted by atomic mass is 16.3. The number of carbonyl (C=O) groups is 1. The molecule has 66 valence electrons. The summed E-state index contributed by atoms with van der Waals surface area (Å²) >= 11 is 0. The summed E-state index contributed by atoms with van der Waals surface area (Å²) in [6.45, 7) is 3.21. The largest absolute Gasteiger partial charge is 0.465 e. The van der Waals surface area contributed by atoms with Gasteiger partial charge in [-0.25, -0.2) is 0 Å². The number of nitriles is 1. The number of nitrogens with zero attached hydrogens (tertiary/aromatic N) is 1. The first-order chi connectivity index (χ1) is 6.15. The predicted octanol–water partition coefficient (Wildman–Crippen LogP) is 2.08. The second-order valence-corrected chi connectivity index (χ2v) is 2.69. The lowest BCUT2D eigenvalue weighted by Gasteiger charge is -1.90. The summed E-state index contributed by atoms with van der Waals surface area (Å²) in [5.41, 5.74) is 1.02. The molecule has 0 radical (unpaired) electrons. The molecule has 13 heavy (non-hydrogen) atoms. The molecule has 0 N–H and O–H groups in total. The van der Waals surface area contributed by atoms with Crippen molar-refractivity contribution in [1.82, 2.24) is 0 Å². The number of ketones is 1. The van der Waals surface area contributed by atoms with Crippen LogP contribution in [-0.4, -0.2) is 5.78 Å². The summed E-state index contributed by atoms with van der Waals surface area (Å²) in [6, 6.07) is 3.60. The van der Waals surface area contributed by atoms with E-state index < -0.39 is 0 Å². The minimum Gasteiger partial charge on any atom is -0.465 e. The Kier molecular flexibility index (Phi) is 2.65. The first kappa shape index (κ1) is 9.27. The van der Waals surface area contributed by atoms with Gasteiger partial charge in [-0.15, -0.1) is 0 Å². The molecule has 0 aromatic carbocycles. The Bertz CT molecular complexity index is 393. The van der Waals surface area contributed by atoms with Gasteiger partial charge in [0.25, 0.3) is 0 Å². The number of hydrogen-bond acceptors (Lipinski definition) is 3. The highest BCUT2D eigenvalue weighted by molar-refractivity contribution is 6.01. The molecule has 1 aromatic rings. The lowest BCUT2D eigenvalue weighted by atomic mass is 10.1. The third-order valence-electron chi connectivity index (χ3n) is 1.68. The SMILES string of the molecule is CC(=O)C(C#N)=Cc1occc1C. The van der Waals surface area contributed by atoms with Gasteiger partial charge in [0.1, 0.15) is 11.8 Å². The molecule has 0 saturated heterocycles. The molecule has 1 heterocycles. The zero-order valence-corrected chi connectivity index (χ0v) is 7.50. The van der Waals surface area contributed by atoms with Crippen LogP contribution in [-0.2, 0) is 4.79 Å². The van der Waals surface area contributed by atoms with Crippen LogP contribution in [0.3, 0.4) is 0 Å². The summed E-state index contributed by atoms with van der Waals surface area (Å²) in [7, 11) is 0. The standard InChI is InChI=1S/C10H9NO2/c1-7-3-4-13-10(7)5-9(6-11)8(2)12/h3-5H,1-2H3. The summed E-state index contributed by atoms with van der Waals surface area (Å²) in [4.78, 5) is 10.9. The Hall–Kier alpha value is -1.82. The van der Waals surface area contributed by atoms with Crippen LogP contribution in [0, 0.1) is 18.3 Å². The van der Waals surface area contributed by atoms with Crippen molar-refractivity contribution in [3.05, 3.63) is 29.2 Å². The van der Waals surface area contributed by atoms with Gasteiger partial charge in [-0.3, -0.25) is 4.79 Å². The molecule has 0 spiro atoms. The molecule has 3 heteroatoms. The quantitative estimate of drug-likeness (QED) is 0.510. The predicted molar refractivity (Wildman–Crippen MR) is 47.7 cm³/mol. The first-order valence-corrected chi connectivity index (χ1v) is 3.82. The lowest BCUT2D eigenvalue weighted by Crippen LogP contribution is -1.92. The molecule has 0 amide bonds. The van der Waals surface area contributed by atoms with Crippen LogP contribution >= 0.6 is 0 Å². The minimum absolute atomic E-state index is 0.109. The fraction of sp³-hybridized carbons (Fsp3) is 0.200. The van der Waals surface area contributed by atoms with Crippen molar-refractivity contribution in [2.45, 2.75) is 13.8 Å². The van der Waals surface area contributed by atoms with Crippen LogP contribution in [0.1, 0.15) is 18.2 Å². The maximum Gasteiger partial charge on any atom is 0.170 e. The third-order valence-corrected chi connectivity index (χ3v) is 1.68. The molecule has 0 saturated carbocycles. The van der Waals surface area contributed by atoms with Gasteiger partial charge in [0.2, 0.25) is 0 Å². The van der Waals surface area contributed by atoms with E-state index in [-0.39, 0.29) is 11.4 Å². The number of carbonyl (C=O) groups excluding carboxylic acids is 1. The van der Waals surface area contributed by atoms with Crippen LogP contribution in [0.2, 0.25) is 0 Å². The van der Waals surface area contributed by atoms with Crippen LogP contribution in [0.25, 0.3) is 6.08 Å². The van der Waals surface area contributed by atoms with Crippen molar-refractivity contribution in [2.75, 3.05) is 0 Å². The fourth-order valence-electron chi connectivity index (χ4n) is 0.876. The van der Waals surface area contributed by atoms with Crippen molar-refractivity contribution in [3.63, 3.8) is 0 Å². The maximum atomic E-state index is 10.9. The van der Waals surface area contributed by atoms with Gasteiger partial charge in [0, 0.05) is 6.08 Å². The normalized spacial score (nSPS) is 11.0. The van der Waals surface area contributed by atoms with Crippen molar-refractivity contribution in [2.24, 2.45) is 0 Å². The van der Waals surface area contributed by atoms with Gasteiger partial charge in [-0.1, -0.05) is 0 Å². The highest BCUT2D eigenvalue weighted by Crippen LogP contribution is 2.13. The minimum atomic E-state index is -0.252. The zero-order valence-electron chi connectivity index (χ0n) is 7.50. The second-order valence-electron chi connectivity index (χ2n) is 2.69. The zero-order chi connectivity index (χ0) is 9.84. The number of furan rings is 1. The molecule has 1 aromatic heterocycles. The lowest BCUT2D eigenvalue weighted by molar-refractivity contribution is -0.113. The monoisotopic (exact) mass is 175 g/mol. The Labute approximate surface area is 76.3 Å². The molecule has 0 atom stereocenters. The molecule has 0 fully saturated rings.